The number of carbonyl (C=O) groups excluding carboxylic acids is 1. The summed E-state index contributed by atoms with van der Waals surface area (Å²) in [6.07, 6.45) is 2.58. The van der Waals surface area contributed by atoms with Gasteiger partial charge >= 0.3 is 6.03 Å². The number of methoxy groups -OCH3 is 1. The average molecular weight is 373 g/mol. The minimum Gasteiger partial charge on any atom is -0.487 e. The molecule has 0 unspecified atom stereocenters. The molecule has 0 saturated carbocycles. The van der Waals surface area contributed by atoms with Crippen molar-refractivity contribution in [2.75, 3.05) is 26.8 Å². The molecule has 8 nitrogen and oxygen atoms in total. The molecule has 1 fully saturated rings. The summed E-state index contributed by atoms with van der Waals surface area (Å²) in [5.74, 6) is 1.58. The van der Waals surface area contributed by atoms with Gasteiger partial charge in [-0.15, -0.1) is 10.2 Å². The van der Waals surface area contributed by atoms with Gasteiger partial charge in [0.2, 0.25) is 0 Å². The molecule has 27 heavy (non-hydrogen) atoms. The fourth-order valence-electron chi connectivity index (χ4n) is 2.98. The van der Waals surface area contributed by atoms with E-state index in [0.29, 0.717) is 19.7 Å². The van der Waals surface area contributed by atoms with Crippen LogP contribution in [0.15, 0.2) is 30.6 Å². The Morgan fingerprint density at radius 1 is 1.33 bits per heavy atom. The normalized spacial score (nSPS) is 15.3. The zero-order valence-electron chi connectivity index (χ0n) is 16.1. The van der Waals surface area contributed by atoms with E-state index in [1.807, 2.05) is 42.7 Å². The Morgan fingerprint density at radius 2 is 2.07 bits per heavy atom. The molecule has 0 aliphatic carbocycles. The maximum absolute atomic E-state index is 12.4. The van der Waals surface area contributed by atoms with E-state index in [2.05, 4.69) is 15.5 Å². The quantitative estimate of drug-likeness (QED) is 0.717. The molecule has 1 aliphatic heterocycles. The standard InChI is InChI=1S/C19H27N5O3/c1-14-5-7-16(8-6-14)27-17-11-24(12-17)19(25)21-15(2)18-22-20-13-23(18)9-4-10-26-3/h5-8,13,15,17H,4,9-12H2,1-3H3,(H,21,25)/t15-/m0/s1. The lowest BCUT2D eigenvalue weighted by molar-refractivity contribution is 0.0435. The highest BCUT2D eigenvalue weighted by molar-refractivity contribution is 5.75. The summed E-state index contributed by atoms with van der Waals surface area (Å²) < 4.78 is 12.9. The van der Waals surface area contributed by atoms with Crippen molar-refractivity contribution in [1.82, 2.24) is 25.0 Å². The van der Waals surface area contributed by atoms with Crippen molar-refractivity contribution in [3.8, 4) is 5.75 Å². The van der Waals surface area contributed by atoms with Crippen LogP contribution in [0, 0.1) is 6.92 Å². The first kappa shape index (κ1) is 19.2. The first-order valence-corrected chi connectivity index (χ1v) is 9.22. The Kier molecular flexibility index (Phi) is 6.28. The van der Waals surface area contributed by atoms with Crippen LogP contribution in [-0.2, 0) is 11.3 Å². The van der Waals surface area contributed by atoms with E-state index >= 15 is 0 Å². The van der Waals surface area contributed by atoms with Gasteiger partial charge < -0.3 is 24.3 Å². The van der Waals surface area contributed by atoms with Gasteiger partial charge in [0.05, 0.1) is 19.1 Å². The van der Waals surface area contributed by atoms with E-state index in [-0.39, 0.29) is 18.2 Å². The SMILES string of the molecule is COCCCn1cnnc1[C@H](C)NC(=O)N1CC(Oc2ccc(C)cc2)C1. The van der Waals surface area contributed by atoms with Crippen LogP contribution in [0.5, 0.6) is 5.75 Å². The van der Waals surface area contributed by atoms with Gasteiger partial charge in [-0.1, -0.05) is 17.7 Å². The molecule has 1 aliphatic rings. The molecular formula is C19H27N5O3. The number of hydrogen-bond acceptors (Lipinski definition) is 5. The van der Waals surface area contributed by atoms with Gasteiger partial charge in [-0.05, 0) is 32.4 Å². The van der Waals surface area contributed by atoms with Crippen molar-refractivity contribution in [2.24, 2.45) is 0 Å². The summed E-state index contributed by atoms with van der Waals surface area (Å²) in [6, 6.07) is 7.61. The summed E-state index contributed by atoms with van der Waals surface area (Å²) in [7, 11) is 1.68. The third-order valence-corrected chi connectivity index (χ3v) is 4.58. The number of carbonyl (C=O) groups is 1. The van der Waals surface area contributed by atoms with Gasteiger partial charge in [-0.3, -0.25) is 0 Å². The molecule has 1 saturated heterocycles. The first-order chi connectivity index (χ1) is 13.1. The van der Waals surface area contributed by atoms with E-state index < -0.39 is 0 Å². The maximum atomic E-state index is 12.4. The van der Waals surface area contributed by atoms with Crippen LogP contribution in [0.2, 0.25) is 0 Å². The molecule has 146 valence electrons. The van der Waals surface area contributed by atoms with Crippen molar-refractivity contribution in [2.45, 2.75) is 39.0 Å². The largest absolute Gasteiger partial charge is 0.487 e. The van der Waals surface area contributed by atoms with E-state index in [4.69, 9.17) is 9.47 Å². The number of amides is 2. The Hall–Kier alpha value is -2.61. The number of likely N-dealkylation sites (tertiary alicyclic amines) is 1. The van der Waals surface area contributed by atoms with Crippen LogP contribution in [0.4, 0.5) is 4.79 Å². The van der Waals surface area contributed by atoms with E-state index in [9.17, 15) is 4.79 Å². The third kappa shape index (κ3) is 4.97. The second-order valence-electron chi connectivity index (χ2n) is 6.86. The average Bonchev–Trinajstić information content (AvgIpc) is 3.08. The molecule has 1 N–H and O–H groups in total. The van der Waals surface area contributed by atoms with Crippen molar-refractivity contribution >= 4 is 6.03 Å². The van der Waals surface area contributed by atoms with Gasteiger partial charge in [-0.2, -0.15) is 0 Å². The fraction of sp³-hybridized carbons (Fsp3) is 0.526. The molecule has 1 atom stereocenters. The number of hydrogen-bond donors (Lipinski definition) is 1. The van der Waals surface area contributed by atoms with Gasteiger partial charge in [-0.25, -0.2) is 4.79 Å². The van der Waals surface area contributed by atoms with Crippen LogP contribution in [0.1, 0.15) is 30.8 Å². The van der Waals surface area contributed by atoms with Crippen LogP contribution in [-0.4, -0.2) is 58.6 Å². The molecule has 0 radical (unpaired) electrons. The Bertz CT molecular complexity index is 740. The second kappa shape index (κ2) is 8.85. The number of ether oxygens (including phenoxy) is 2. The molecule has 2 aromatic rings. The number of urea groups is 1. The fourth-order valence-corrected chi connectivity index (χ4v) is 2.98. The summed E-state index contributed by atoms with van der Waals surface area (Å²) >= 11 is 0. The molecule has 3 rings (SSSR count). The first-order valence-electron chi connectivity index (χ1n) is 9.22. The summed E-state index contributed by atoms with van der Waals surface area (Å²) in [5, 5.41) is 11.1. The zero-order chi connectivity index (χ0) is 19.2. The van der Waals surface area contributed by atoms with Crippen LogP contribution >= 0.6 is 0 Å². The number of aromatic nitrogens is 3. The summed E-state index contributed by atoms with van der Waals surface area (Å²) in [4.78, 5) is 14.2. The number of nitrogens with one attached hydrogen (secondary N) is 1. The van der Waals surface area contributed by atoms with Gasteiger partial charge in [0.1, 0.15) is 18.2 Å². The van der Waals surface area contributed by atoms with Crippen molar-refractivity contribution in [3.05, 3.63) is 42.0 Å². The highest BCUT2D eigenvalue weighted by atomic mass is 16.5. The van der Waals surface area contributed by atoms with Crippen molar-refractivity contribution in [1.29, 1.82) is 0 Å². The Balaban J connectivity index is 1.45. The van der Waals surface area contributed by atoms with Gasteiger partial charge in [0.25, 0.3) is 0 Å². The van der Waals surface area contributed by atoms with Crippen LogP contribution < -0.4 is 10.1 Å². The van der Waals surface area contributed by atoms with E-state index in [0.717, 1.165) is 24.5 Å². The Labute approximate surface area is 159 Å². The predicted molar refractivity (Wildman–Crippen MR) is 101 cm³/mol. The molecule has 1 aromatic heterocycles. The molecule has 0 spiro atoms. The lowest BCUT2D eigenvalue weighted by Crippen LogP contribution is -2.59. The van der Waals surface area contributed by atoms with E-state index in [1.165, 1.54) is 5.56 Å². The zero-order valence-corrected chi connectivity index (χ0v) is 16.1. The lowest BCUT2D eigenvalue weighted by atomic mass is 10.1. The lowest BCUT2D eigenvalue weighted by Gasteiger charge is -2.39. The molecule has 2 heterocycles. The van der Waals surface area contributed by atoms with Gasteiger partial charge in [0.15, 0.2) is 5.82 Å². The van der Waals surface area contributed by atoms with Crippen LogP contribution in [0.3, 0.4) is 0 Å². The predicted octanol–water partition coefficient (Wildman–Crippen LogP) is 2.16. The smallest absolute Gasteiger partial charge is 0.318 e. The Morgan fingerprint density at radius 3 is 2.78 bits per heavy atom. The van der Waals surface area contributed by atoms with Crippen molar-refractivity contribution in [3.63, 3.8) is 0 Å². The summed E-state index contributed by atoms with van der Waals surface area (Å²) in [5.41, 5.74) is 1.20. The molecule has 0 bridgehead atoms. The summed E-state index contributed by atoms with van der Waals surface area (Å²) in [6.45, 7) is 6.54. The molecule has 2 amide bonds. The third-order valence-electron chi connectivity index (χ3n) is 4.58. The topological polar surface area (TPSA) is 81.5 Å². The second-order valence-corrected chi connectivity index (χ2v) is 6.86. The number of aryl methyl sites for hydroxylation is 2. The highest BCUT2D eigenvalue weighted by Gasteiger charge is 2.33. The van der Waals surface area contributed by atoms with Crippen molar-refractivity contribution < 1.29 is 14.3 Å². The number of rotatable bonds is 8. The maximum Gasteiger partial charge on any atom is 0.318 e. The minimum absolute atomic E-state index is 0.0338. The molecule has 1 aromatic carbocycles. The number of nitrogens with zero attached hydrogens (tertiary/aromatic N) is 4. The number of benzene rings is 1. The molecule has 8 heteroatoms. The van der Waals surface area contributed by atoms with E-state index in [1.54, 1.807) is 18.3 Å². The van der Waals surface area contributed by atoms with Crippen LogP contribution in [0.25, 0.3) is 0 Å². The highest BCUT2D eigenvalue weighted by Crippen LogP contribution is 2.19. The monoisotopic (exact) mass is 373 g/mol. The minimum atomic E-state index is -0.223. The van der Waals surface area contributed by atoms with Gasteiger partial charge in [0, 0.05) is 20.3 Å². The molecular weight excluding hydrogens is 346 g/mol.